The van der Waals surface area contributed by atoms with Gasteiger partial charge in [0.15, 0.2) is 0 Å². The third kappa shape index (κ3) is 3.11. The number of hydrogen-bond donors (Lipinski definition) is 1. The van der Waals surface area contributed by atoms with Crippen LogP contribution in [0.15, 0.2) is 48.5 Å². The van der Waals surface area contributed by atoms with E-state index in [4.69, 9.17) is 23.2 Å². The summed E-state index contributed by atoms with van der Waals surface area (Å²) in [7, 11) is 0. The molecule has 0 amide bonds. The SMILES string of the molecule is CC(C)(c1cccc(Cl)c1)C(O)c1ccc(Cl)cc1. The maximum atomic E-state index is 10.6. The first-order valence-corrected chi connectivity index (χ1v) is 6.86. The second-order valence-electron chi connectivity index (χ2n) is 5.19. The molecule has 0 bridgehead atoms. The fourth-order valence-electron chi connectivity index (χ4n) is 2.11. The van der Waals surface area contributed by atoms with Gasteiger partial charge in [-0.1, -0.05) is 61.3 Å². The second-order valence-corrected chi connectivity index (χ2v) is 6.06. The first-order chi connectivity index (χ1) is 8.91. The van der Waals surface area contributed by atoms with Crippen molar-refractivity contribution in [1.29, 1.82) is 0 Å². The average Bonchev–Trinajstić information content (AvgIpc) is 2.39. The number of hydrogen-bond acceptors (Lipinski definition) is 1. The zero-order valence-electron chi connectivity index (χ0n) is 10.9. The van der Waals surface area contributed by atoms with Crippen LogP contribution in [0.4, 0.5) is 0 Å². The molecular formula is C16H16Cl2O. The quantitative estimate of drug-likeness (QED) is 0.844. The van der Waals surface area contributed by atoms with Gasteiger partial charge in [-0.25, -0.2) is 0 Å². The van der Waals surface area contributed by atoms with Gasteiger partial charge in [-0.2, -0.15) is 0 Å². The predicted octanol–water partition coefficient (Wildman–Crippen LogP) is 5.00. The van der Waals surface area contributed by atoms with E-state index in [0.717, 1.165) is 11.1 Å². The molecule has 0 aliphatic rings. The van der Waals surface area contributed by atoms with E-state index in [1.54, 1.807) is 12.1 Å². The molecule has 0 spiro atoms. The van der Waals surface area contributed by atoms with Crippen molar-refractivity contribution in [2.45, 2.75) is 25.4 Å². The van der Waals surface area contributed by atoms with E-state index in [9.17, 15) is 5.11 Å². The van der Waals surface area contributed by atoms with Crippen LogP contribution in [0.1, 0.15) is 31.1 Å². The van der Waals surface area contributed by atoms with E-state index in [-0.39, 0.29) is 0 Å². The zero-order chi connectivity index (χ0) is 14.0. The Morgan fingerprint density at radius 1 is 0.947 bits per heavy atom. The monoisotopic (exact) mass is 294 g/mol. The highest BCUT2D eigenvalue weighted by atomic mass is 35.5. The summed E-state index contributed by atoms with van der Waals surface area (Å²) in [5.74, 6) is 0. The lowest BCUT2D eigenvalue weighted by molar-refractivity contribution is 0.100. The summed E-state index contributed by atoms with van der Waals surface area (Å²) in [4.78, 5) is 0. The predicted molar refractivity (Wildman–Crippen MR) is 80.9 cm³/mol. The second kappa shape index (κ2) is 5.54. The molecule has 2 rings (SSSR count). The van der Waals surface area contributed by atoms with Gasteiger partial charge >= 0.3 is 0 Å². The Balaban J connectivity index is 2.35. The van der Waals surface area contributed by atoms with E-state index in [1.165, 1.54) is 0 Å². The Morgan fingerprint density at radius 3 is 2.16 bits per heavy atom. The lowest BCUT2D eigenvalue weighted by Crippen LogP contribution is -2.26. The standard InChI is InChI=1S/C16H16Cl2O/c1-16(2,12-4-3-5-14(18)10-12)15(19)11-6-8-13(17)9-7-11/h3-10,15,19H,1-2H3. The number of aliphatic hydroxyl groups excluding tert-OH is 1. The lowest BCUT2D eigenvalue weighted by Gasteiger charge is -2.31. The van der Waals surface area contributed by atoms with Crippen LogP contribution in [0.25, 0.3) is 0 Å². The summed E-state index contributed by atoms with van der Waals surface area (Å²) in [6, 6.07) is 14.9. The first kappa shape index (κ1) is 14.4. The van der Waals surface area contributed by atoms with Crippen LogP contribution in [-0.2, 0) is 5.41 Å². The molecule has 0 saturated heterocycles. The highest BCUT2D eigenvalue weighted by Gasteiger charge is 2.31. The molecule has 1 unspecified atom stereocenters. The van der Waals surface area contributed by atoms with Crippen LogP contribution >= 0.6 is 23.2 Å². The average molecular weight is 295 g/mol. The Kier molecular flexibility index (Phi) is 4.19. The molecule has 0 radical (unpaired) electrons. The van der Waals surface area contributed by atoms with Crippen LogP contribution in [-0.4, -0.2) is 5.11 Å². The van der Waals surface area contributed by atoms with E-state index in [0.29, 0.717) is 10.0 Å². The molecule has 0 aromatic heterocycles. The van der Waals surface area contributed by atoms with E-state index in [1.807, 2.05) is 50.2 Å². The van der Waals surface area contributed by atoms with Gasteiger partial charge in [-0.3, -0.25) is 0 Å². The topological polar surface area (TPSA) is 20.2 Å². The normalized spacial score (nSPS) is 13.3. The molecular weight excluding hydrogens is 279 g/mol. The summed E-state index contributed by atoms with van der Waals surface area (Å²) in [5, 5.41) is 11.9. The summed E-state index contributed by atoms with van der Waals surface area (Å²) < 4.78 is 0. The Labute approximate surface area is 123 Å². The van der Waals surface area contributed by atoms with Gasteiger partial charge in [0.05, 0.1) is 6.10 Å². The summed E-state index contributed by atoms with van der Waals surface area (Å²) in [6.07, 6.45) is -0.622. The molecule has 0 heterocycles. The van der Waals surface area contributed by atoms with Crippen molar-refractivity contribution in [3.05, 3.63) is 69.7 Å². The van der Waals surface area contributed by atoms with E-state index in [2.05, 4.69) is 0 Å². The van der Waals surface area contributed by atoms with Gasteiger partial charge in [0, 0.05) is 15.5 Å². The van der Waals surface area contributed by atoms with Gasteiger partial charge in [0.25, 0.3) is 0 Å². The van der Waals surface area contributed by atoms with Crippen molar-refractivity contribution in [3.63, 3.8) is 0 Å². The van der Waals surface area contributed by atoms with Gasteiger partial charge in [-0.15, -0.1) is 0 Å². The molecule has 1 nitrogen and oxygen atoms in total. The molecule has 0 aliphatic carbocycles. The van der Waals surface area contributed by atoms with Crippen LogP contribution in [0.2, 0.25) is 10.0 Å². The maximum Gasteiger partial charge on any atom is 0.0881 e. The molecule has 0 saturated carbocycles. The molecule has 0 fully saturated rings. The van der Waals surface area contributed by atoms with Gasteiger partial charge < -0.3 is 5.11 Å². The van der Waals surface area contributed by atoms with Crippen molar-refractivity contribution < 1.29 is 5.11 Å². The molecule has 19 heavy (non-hydrogen) atoms. The van der Waals surface area contributed by atoms with Crippen LogP contribution in [0.5, 0.6) is 0 Å². The summed E-state index contributed by atoms with van der Waals surface area (Å²) in [5.41, 5.74) is 1.41. The fourth-order valence-corrected chi connectivity index (χ4v) is 2.43. The highest BCUT2D eigenvalue weighted by molar-refractivity contribution is 6.30. The van der Waals surface area contributed by atoms with E-state index >= 15 is 0 Å². The number of aliphatic hydroxyl groups is 1. The van der Waals surface area contributed by atoms with Crippen LogP contribution in [0.3, 0.4) is 0 Å². The number of benzene rings is 2. The summed E-state index contributed by atoms with van der Waals surface area (Å²) >= 11 is 11.9. The lowest BCUT2D eigenvalue weighted by atomic mass is 9.77. The smallest absolute Gasteiger partial charge is 0.0881 e. The molecule has 1 atom stereocenters. The minimum atomic E-state index is -0.622. The maximum absolute atomic E-state index is 10.6. The largest absolute Gasteiger partial charge is 0.388 e. The third-order valence-corrected chi connectivity index (χ3v) is 3.93. The van der Waals surface area contributed by atoms with Crippen LogP contribution < -0.4 is 0 Å². The molecule has 3 heteroatoms. The molecule has 1 N–H and O–H groups in total. The van der Waals surface area contributed by atoms with Crippen molar-refractivity contribution in [1.82, 2.24) is 0 Å². The molecule has 2 aromatic carbocycles. The highest BCUT2D eigenvalue weighted by Crippen LogP contribution is 2.37. The first-order valence-electron chi connectivity index (χ1n) is 6.11. The van der Waals surface area contributed by atoms with Crippen molar-refractivity contribution in [2.24, 2.45) is 0 Å². The fraction of sp³-hybridized carbons (Fsp3) is 0.250. The number of halogens is 2. The Hall–Kier alpha value is -1.02. The van der Waals surface area contributed by atoms with Crippen molar-refractivity contribution in [2.75, 3.05) is 0 Å². The molecule has 100 valence electrons. The van der Waals surface area contributed by atoms with Crippen molar-refractivity contribution in [3.8, 4) is 0 Å². The van der Waals surface area contributed by atoms with Gasteiger partial charge in [0.2, 0.25) is 0 Å². The van der Waals surface area contributed by atoms with Crippen molar-refractivity contribution >= 4 is 23.2 Å². The van der Waals surface area contributed by atoms with Crippen LogP contribution in [0, 0.1) is 0 Å². The van der Waals surface area contributed by atoms with E-state index < -0.39 is 11.5 Å². The molecule has 0 aliphatic heterocycles. The minimum absolute atomic E-state index is 0.432. The minimum Gasteiger partial charge on any atom is -0.388 e. The Bertz CT molecular complexity index is 561. The third-order valence-electron chi connectivity index (χ3n) is 3.44. The zero-order valence-corrected chi connectivity index (χ0v) is 12.4. The van der Waals surface area contributed by atoms with Gasteiger partial charge in [0.1, 0.15) is 0 Å². The summed E-state index contributed by atoms with van der Waals surface area (Å²) in [6.45, 7) is 4.00. The number of rotatable bonds is 3. The van der Waals surface area contributed by atoms with Gasteiger partial charge in [-0.05, 0) is 35.4 Å². The Morgan fingerprint density at radius 2 is 1.58 bits per heavy atom. The molecule has 2 aromatic rings.